The fourth-order valence-corrected chi connectivity index (χ4v) is 2.74. The summed E-state index contributed by atoms with van der Waals surface area (Å²) >= 11 is 9.29. The van der Waals surface area contributed by atoms with Crippen molar-refractivity contribution in [2.45, 2.75) is 26.7 Å². The van der Waals surface area contributed by atoms with Crippen molar-refractivity contribution in [1.82, 2.24) is 5.32 Å². The average Bonchev–Trinajstić information content (AvgIpc) is 3.10. The van der Waals surface area contributed by atoms with Gasteiger partial charge < -0.3 is 5.32 Å². The van der Waals surface area contributed by atoms with Gasteiger partial charge in [-0.15, -0.1) is 0 Å². The van der Waals surface area contributed by atoms with Crippen LogP contribution in [0.3, 0.4) is 0 Å². The third kappa shape index (κ3) is 2.89. The Labute approximate surface area is 121 Å². The molecule has 2 nitrogen and oxygen atoms in total. The normalized spacial score (nSPS) is 16.7. The van der Waals surface area contributed by atoms with Gasteiger partial charge in [0.1, 0.15) is 0 Å². The van der Waals surface area contributed by atoms with E-state index in [9.17, 15) is 4.79 Å². The number of carbonyl (C=O) groups is 1. The van der Waals surface area contributed by atoms with Gasteiger partial charge in [-0.2, -0.15) is 0 Å². The molecule has 2 rings (SSSR count). The maximum absolute atomic E-state index is 12.1. The smallest absolute Gasteiger partial charge is 0.252 e. The van der Waals surface area contributed by atoms with Gasteiger partial charge in [0.2, 0.25) is 0 Å². The Bertz CT molecular complexity index is 469. The van der Waals surface area contributed by atoms with E-state index in [0.29, 0.717) is 21.9 Å². The predicted molar refractivity (Wildman–Crippen MR) is 78.0 cm³/mol. The van der Waals surface area contributed by atoms with Crippen molar-refractivity contribution in [3.05, 3.63) is 33.3 Å². The van der Waals surface area contributed by atoms with Crippen LogP contribution in [0.15, 0.2) is 22.7 Å². The van der Waals surface area contributed by atoms with Gasteiger partial charge in [-0.3, -0.25) is 4.79 Å². The second kappa shape index (κ2) is 5.22. The quantitative estimate of drug-likeness (QED) is 0.877. The van der Waals surface area contributed by atoms with Crippen LogP contribution < -0.4 is 5.32 Å². The maximum atomic E-state index is 12.1. The fourth-order valence-electron chi connectivity index (χ4n) is 2.14. The minimum absolute atomic E-state index is 0.0590. The summed E-state index contributed by atoms with van der Waals surface area (Å²) in [5.41, 5.74) is 0.919. The van der Waals surface area contributed by atoms with Gasteiger partial charge in [-0.1, -0.05) is 25.4 Å². The number of nitrogens with one attached hydrogen (secondary N) is 1. The van der Waals surface area contributed by atoms with Crippen LogP contribution in [0, 0.1) is 11.3 Å². The van der Waals surface area contributed by atoms with E-state index >= 15 is 0 Å². The molecule has 1 aromatic rings. The van der Waals surface area contributed by atoms with Gasteiger partial charge in [-0.25, -0.2) is 0 Å². The van der Waals surface area contributed by atoms with E-state index in [2.05, 4.69) is 35.1 Å². The molecule has 0 bridgehead atoms. The second-order valence-electron chi connectivity index (χ2n) is 5.32. The number of carbonyl (C=O) groups excluding carboxylic acids is 1. The lowest BCUT2D eigenvalue weighted by molar-refractivity contribution is 0.0939. The van der Waals surface area contributed by atoms with Crippen molar-refractivity contribution in [2.24, 2.45) is 11.3 Å². The molecule has 98 valence electrons. The van der Waals surface area contributed by atoms with Crippen LogP contribution in [-0.2, 0) is 0 Å². The third-order valence-electron chi connectivity index (χ3n) is 3.89. The highest BCUT2D eigenvalue weighted by molar-refractivity contribution is 9.10. The summed E-state index contributed by atoms with van der Waals surface area (Å²) < 4.78 is 0.777. The molecule has 0 unspecified atom stereocenters. The van der Waals surface area contributed by atoms with Crippen LogP contribution in [0.4, 0.5) is 0 Å². The largest absolute Gasteiger partial charge is 0.351 e. The monoisotopic (exact) mass is 329 g/mol. The SMILES string of the molecule is CC(C)C1(CNC(=O)c2cc(Cl)ccc2Br)CC1. The Balaban J connectivity index is 2.02. The minimum atomic E-state index is -0.0590. The Kier molecular flexibility index (Phi) is 4.02. The molecule has 0 heterocycles. The molecule has 1 amide bonds. The zero-order chi connectivity index (χ0) is 13.3. The first-order chi connectivity index (χ1) is 8.44. The summed E-state index contributed by atoms with van der Waals surface area (Å²) in [5, 5.41) is 3.60. The average molecular weight is 331 g/mol. The molecule has 0 atom stereocenters. The van der Waals surface area contributed by atoms with Gasteiger partial charge in [0.15, 0.2) is 0 Å². The summed E-state index contributed by atoms with van der Waals surface area (Å²) in [5.74, 6) is 0.553. The zero-order valence-electron chi connectivity index (χ0n) is 10.6. The number of rotatable bonds is 4. The van der Waals surface area contributed by atoms with Gasteiger partial charge in [0.05, 0.1) is 5.56 Å². The van der Waals surface area contributed by atoms with E-state index in [1.54, 1.807) is 18.2 Å². The Morgan fingerprint density at radius 1 is 1.50 bits per heavy atom. The van der Waals surface area contributed by atoms with Crippen molar-refractivity contribution in [3.63, 3.8) is 0 Å². The van der Waals surface area contributed by atoms with Gasteiger partial charge in [0.25, 0.3) is 5.91 Å². The first-order valence-electron chi connectivity index (χ1n) is 6.18. The molecule has 0 radical (unpaired) electrons. The fraction of sp³-hybridized carbons (Fsp3) is 0.500. The van der Waals surface area contributed by atoms with E-state index in [4.69, 9.17) is 11.6 Å². The highest BCUT2D eigenvalue weighted by atomic mass is 79.9. The van der Waals surface area contributed by atoms with Gasteiger partial charge in [0, 0.05) is 16.0 Å². The van der Waals surface area contributed by atoms with E-state index in [1.807, 2.05) is 0 Å². The van der Waals surface area contributed by atoms with E-state index in [0.717, 1.165) is 11.0 Å². The van der Waals surface area contributed by atoms with Crippen molar-refractivity contribution in [1.29, 1.82) is 0 Å². The summed E-state index contributed by atoms with van der Waals surface area (Å²) in [7, 11) is 0. The van der Waals surface area contributed by atoms with Crippen LogP contribution >= 0.6 is 27.5 Å². The molecule has 1 saturated carbocycles. The van der Waals surface area contributed by atoms with Crippen LogP contribution in [0.25, 0.3) is 0 Å². The van der Waals surface area contributed by atoms with Crippen molar-refractivity contribution in [3.8, 4) is 0 Å². The molecule has 1 fully saturated rings. The molecule has 4 heteroatoms. The summed E-state index contributed by atoms with van der Waals surface area (Å²) in [6, 6.07) is 5.25. The molecular formula is C14H17BrClNO. The molecule has 0 aliphatic heterocycles. The number of hydrogen-bond acceptors (Lipinski definition) is 1. The minimum Gasteiger partial charge on any atom is -0.351 e. The predicted octanol–water partition coefficient (Wildman–Crippen LogP) is 4.27. The van der Waals surface area contributed by atoms with Crippen LogP contribution in [0.1, 0.15) is 37.0 Å². The summed E-state index contributed by atoms with van der Waals surface area (Å²) in [4.78, 5) is 12.1. The molecule has 0 saturated heterocycles. The van der Waals surface area contributed by atoms with Crippen molar-refractivity contribution >= 4 is 33.4 Å². The molecule has 0 aromatic heterocycles. The highest BCUT2D eigenvalue weighted by Crippen LogP contribution is 2.51. The number of hydrogen-bond donors (Lipinski definition) is 1. The molecule has 1 aromatic carbocycles. The first-order valence-corrected chi connectivity index (χ1v) is 7.35. The molecule has 1 aliphatic rings. The Hall–Kier alpha value is -0.540. The van der Waals surface area contributed by atoms with Crippen LogP contribution in [0.2, 0.25) is 5.02 Å². The summed E-state index contributed by atoms with van der Waals surface area (Å²) in [6.07, 6.45) is 2.42. The highest BCUT2D eigenvalue weighted by Gasteiger charge is 2.45. The topological polar surface area (TPSA) is 29.1 Å². The van der Waals surface area contributed by atoms with E-state index in [-0.39, 0.29) is 5.91 Å². The maximum Gasteiger partial charge on any atom is 0.252 e. The van der Waals surface area contributed by atoms with Gasteiger partial charge in [-0.05, 0) is 58.3 Å². The number of halogens is 2. The van der Waals surface area contributed by atoms with Crippen molar-refractivity contribution in [2.75, 3.05) is 6.54 Å². The molecule has 18 heavy (non-hydrogen) atoms. The van der Waals surface area contributed by atoms with Crippen LogP contribution in [-0.4, -0.2) is 12.5 Å². The van der Waals surface area contributed by atoms with E-state index in [1.165, 1.54) is 12.8 Å². The number of amides is 1. The second-order valence-corrected chi connectivity index (χ2v) is 6.61. The standard InChI is InChI=1S/C14H17BrClNO/c1-9(2)14(5-6-14)8-17-13(18)11-7-10(16)3-4-12(11)15/h3-4,7,9H,5-6,8H2,1-2H3,(H,17,18). The molecular weight excluding hydrogens is 314 g/mol. The molecule has 1 N–H and O–H groups in total. The number of benzene rings is 1. The van der Waals surface area contributed by atoms with Crippen LogP contribution in [0.5, 0.6) is 0 Å². The molecule has 1 aliphatic carbocycles. The summed E-state index contributed by atoms with van der Waals surface area (Å²) in [6.45, 7) is 5.19. The molecule has 0 spiro atoms. The van der Waals surface area contributed by atoms with Gasteiger partial charge >= 0.3 is 0 Å². The Morgan fingerprint density at radius 2 is 2.17 bits per heavy atom. The van der Waals surface area contributed by atoms with E-state index < -0.39 is 0 Å². The zero-order valence-corrected chi connectivity index (χ0v) is 12.9. The van der Waals surface area contributed by atoms with Crippen molar-refractivity contribution < 1.29 is 4.79 Å². The lowest BCUT2D eigenvalue weighted by atomic mass is 9.92. The lowest BCUT2D eigenvalue weighted by Crippen LogP contribution is -2.32. The lowest BCUT2D eigenvalue weighted by Gasteiger charge is -2.20. The third-order valence-corrected chi connectivity index (χ3v) is 4.82. The Morgan fingerprint density at radius 3 is 2.72 bits per heavy atom. The first kappa shape index (κ1) is 13.9.